The number of furan rings is 1. The van der Waals surface area contributed by atoms with Crippen molar-refractivity contribution in [1.29, 1.82) is 0 Å². The summed E-state index contributed by atoms with van der Waals surface area (Å²) in [6.07, 6.45) is 1.50. The van der Waals surface area contributed by atoms with Crippen LogP contribution in [0.25, 0.3) is 5.69 Å². The van der Waals surface area contributed by atoms with Gasteiger partial charge in [0.1, 0.15) is 11.6 Å². The van der Waals surface area contributed by atoms with Gasteiger partial charge in [-0.05, 0) is 30.3 Å². The first kappa shape index (κ1) is 21.8. The topological polar surface area (TPSA) is 115 Å². The minimum absolute atomic E-state index is 0.0786. The molecule has 0 spiro atoms. The molecule has 3 aromatic rings. The molecule has 3 amide bonds. The number of nitrogens with zero attached hydrogens (tertiary/aromatic N) is 4. The zero-order valence-corrected chi connectivity index (χ0v) is 17.8. The van der Waals surface area contributed by atoms with E-state index in [-0.39, 0.29) is 12.3 Å². The number of ether oxygens (including phenoxy) is 1. The van der Waals surface area contributed by atoms with Crippen molar-refractivity contribution in [2.45, 2.75) is 11.7 Å². The number of nitrogens with one attached hydrogen (secondary N) is 2. The molecule has 10 nitrogen and oxygen atoms in total. The molecule has 1 saturated heterocycles. The molecule has 2 aromatic heterocycles. The van der Waals surface area contributed by atoms with Crippen LogP contribution in [0.1, 0.15) is 5.76 Å². The Morgan fingerprint density at radius 2 is 2.00 bits per heavy atom. The van der Waals surface area contributed by atoms with Gasteiger partial charge < -0.3 is 19.4 Å². The van der Waals surface area contributed by atoms with Crippen molar-refractivity contribution < 1.29 is 23.1 Å². The van der Waals surface area contributed by atoms with Crippen molar-refractivity contribution in [1.82, 2.24) is 25.4 Å². The number of anilines is 1. The molecule has 32 heavy (non-hydrogen) atoms. The number of morpholine rings is 1. The van der Waals surface area contributed by atoms with Crippen molar-refractivity contribution in [3.05, 3.63) is 54.2 Å². The van der Waals surface area contributed by atoms with E-state index >= 15 is 0 Å². The minimum Gasteiger partial charge on any atom is -0.467 e. The Labute approximate surface area is 187 Å². The maximum absolute atomic E-state index is 13.9. The van der Waals surface area contributed by atoms with Gasteiger partial charge in [0.05, 0.1) is 37.5 Å². The second-order valence-corrected chi connectivity index (χ2v) is 7.74. The molecule has 1 aliphatic rings. The summed E-state index contributed by atoms with van der Waals surface area (Å²) in [6.45, 7) is 2.50. The van der Waals surface area contributed by atoms with Crippen LogP contribution in [0.4, 0.5) is 15.1 Å². The highest BCUT2D eigenvalue weighted by molar-refractivity contribution is 7.99. The molecule has 0 saturated carbocycles. The summed E-state index contributed by atoms with van der Waals surface area (Å²) in [6, 6.07) is 8.84. The van der Waals surface area contributed by atoms with Gasteiger partial charge in [0.2, 0.25) is 11.9 Å². The third-order valence-electron chi connectivity index (χ3n) is 4.57. The van der Waals surface area contributed by atoms with Crippen LogP contribution in [0.3, 0.4) is 0 Å². The standard InChI is InChI=1S/C20H21FN6O4S/c21-14-3-1-4-15(11-14)27-19(26-6-9-30-10-7-26)24-25-20(27)32-13-17(28)23-18(29)22-12-16-5-2-8-31-16/h1-5,8,11H,6-7,9-10,12-13H2,(H2,22,23,28,29). The lowest BCUT2D eigenvalue weighted by Crippen LogP contribution is -2.40. The number of rotatable bonds is 7. The second kappa shape index (κ2) is 10.3. The highest BCUT2D eigenvalue weighted by atomic mass is 32.2. The molecule has 0 bridgehead atoms. The fraction of sp³-hybridized carbons (Fsp3) is 0.300. The van der Waals surface area contributed by atoms with E-state index in [1.54, 1.807) is 28.8 Å². The zero-order valence-electron chi connectivity index (χ0n) is 17.0. The van der Waals surface area contributed by atoms with Gasteiger partial charge in [-0.3, -0.25) is 14.7 Å². The van der Waals surface area contributed by atoms with E-state index < -0.39 is 17.8 Å². The lowest BCUT2D eigenvalue weighted by atomic mass is 10.3. The Bertz CT molecular complexity index is 1070. The summed E-state index contributed by atoms with van der Waals surface area (Å²) in [4.78, 5) is 26.1. The Morgan fingerprint density at radius 1 is 1.16 bits per heavy atom. The van der Waals surface area contributed by atoms with E-state index in [0.29, 0.717) is 48.9 Å². The van der Waals surface area contributed by atoms with Gasteiger partial charge in [0, 0.05) is 13.1 Å². The maximum atomic E-state index is 13.9. The fourth-order valence-corrected chi connectivity index (χ4v) is 3.83. The minimum atomic E-state index is -0.632. The molecule has 1 fully saturated rings. The Morgan fingerprint density at radius 3 is 2.75 bits per heavy atom. The molecule has 2 N–H and O–H groups in total. The van der Waals surface area contributed by atoms with E-state index in [0.717, 1.165) is 11.8 Å². The third-order valence-corrected chi connectivity index (χ3v) is 5.49. The molecular weight excluding hydrogens is 439 g/mol. The van der Waals surface area contributed by atoms with Gasteiger partial charge in [-0.25, -0.2) is 9.18 Å². The number of hydrogen-bond acceptors (Lipinski definition) is 8. The molecule has 1 aromatic carbocycles. The van der Waals surface area contributed by atoms with Crippen LogP contribution < -0.4 is 15.5 Å². The molecule has 1 aliphatic heterocycles. The maximum Gasteiger partial charge on any atom is 0.321 e. The van der Waals surface area contributed by atoms with E-state index in [1.165, 1.54) is 18.4 Å². The number of benzene rings is 1. The van der Waals surface area contributed by atoms with Gasteiger partial charge in [0.15, 0.2) is 5.16 Å². The van der Waals surface area contributed by atoms with Crippen LogP contribution in [0.15, 0.2) is 52.2 Å². The number of imide groups is 1. The third kappa shape index (κ3) is 5.45. The predicted octanol–water partition coefficient (Wildman–Crippen LogP) is 1.95. The smallest absolute Gasteiger partial charge is 0.321 e. The highest BCUT2D eigenvalue weighted by Crippen LogP contribution is 2.27. The van der Waals surface area contributed by atoms with E-state index in [1.807, 2.05) is 4.90 Å². The normalized spacial score (nSPS) is 13.7. The van der Waals surface area contributed by atoms with Crippen LogP contribution in [0.2, 0.25) is 0 Å². The monoisotopic (exact) mass is 460 g/mol. The Kier molecular flexibility index (Phi) is 7.02. The molecule has 0 unspecified atom stereocenters. The van der Waals surface area contributed by atoms with Gasteiger partial charge in [-0.1, -0.05) is 17.8 Å². The average molecular weight is 460 g/mol. The zero-order chi connectivity index (χ0) is 22.3. The predicted molar refractivity (Wildman–Crippen MR) is 114 cm³/mol. The number of carbonyl (C=O) groups excluding carboxylic acids is 2. The van der Waals surface area contributed by atoms with Crippen molar-refractivity contribution in [3.63, 3.8) is 0 Å². The molecule has 12 heteroatoms. The lowest BCUT2D eigenvalue weighted by Gasteiger charge is -2.27. The van der Waals surface area contributed by atoms with Crippen molar-refractivity contribution in [2.75, 3.05) is 37.0 Å². The molecule has 168 valence electrons. The van der Waals surface area contributed by atoms with Gasteiger partial charge >= 0.3 is 6.03 Å². The summed E-state index contributed by atoms with van der Waals surface area (Å²) in [5.74, 6) is 0.128. The number of hydrogen-bond donors (Lipinski definition) is 2. The summed E-state index contributed by atoms with van der Waals surface area (Å²) in [5.41, 5.74) is 0.538. The quantitative estimate of drug-likeness (QED) is 0.515. The number of amides is 3. The van der Waals surface area contributed by atoms with Gasteiger partial charge in [-0.15, -0.1) is 10.2 Å². The highest BCUT2D eigenvalue weighted by Gasteiger charge is 2.22. The van der Waals surface area contributed by atoms with Crippen LogP contribution in [0.5, 0.6) is 0 Å². The van der Waals surface area contributed by atoms with Crippen LogP contribution in [-0.4, -0.2) is 58.8 Å². The van der Waals surface area contributed by atoms with E-state index in [2.05, 4.69) is 20.8 Å². The fourth-order valence-electron chi connectivity index (χ4n) is 3.08. The van der Waals surface area contributed by atoms with Crippen LogP contribution in [-0.2, 0) is 16.1 Å². The van der Waals surface area contributed by atoms with Gasteiger partial charge in [-0.2, -0.15) is 0 Å². The second-order valence-electron chi connectivity index (χ2n) is 6.80. The summed E-state index contributed by atoms with van der Waals surface area (Å²) in [7, 11) is 0. The summed E-state index contributed by atoms with van der Waals surface area (Å²) >= 11 is 1.10. The van der Waals surface area contributed by atoms with E-state index in [4.69, 9.17) is 9.15 Å². The van der Waals surface area contributed by atoms with Crippen molar-refractivity contribution >= 4 is 29.6 Å². The van der Waals surface area contributed by atoms with Gasteiger partial charge in [0.25, 0.3) is 0 Å². The first-order valence-corrected chi connectivity index (χ1v) is 10.9. The average Bonchev–Trinajstić information content (AvgIpc) is 3.47. The Hall–Kier alpha value is -3.38. The number of thioether (sulfide) groups is 1. The van der Waals surface area contributed by atoms with Crippen LogP contribution in [0, 0.1) is 5.82 Å². The van der Waals surface area contributed by atoms with Crippen LogP contribution >= 0.6 is 11.8 Å². The SMILES string of the molecule is O=C(CSc1nnc(N2CCOCC2)n1-c1cccc(F)c1)NC(=O)NCc1ccco1. The number of urea groups is 1. The molecule has 3 heterocycles. The molecule has 0 aliphatic carbocycles. The largest absolute Gasteiger partial charge is 0.467 e. The molecule has 0 radical (unpaired) electrons. The lowest BCUT2D eigenvalue weighted by molar-refractivity contribution is -0.117. The molecule has 0 atom stereocenters. The molecular formula is C20H21FN6O4S. The van der Waals surface area contributed by atoms with Crippen molar-refractivity contribution in [3.8, 4) is 5.69 Å². The number of halogens is 1. The summed E-state index contributed by atoms with van der Waals surface area (Å²) in [5, 5.41) is 13.7. The van der Waals surface area contributed by atoms with E-state index in [9.17, 15) is 14.0 Å². The molecule has 4 rings (SSSR count). The number of carbonyl (C=O) groups is 2. The first-order chi connectivity index (χ1) is 15.6. The number of aromatic nitrogens is 3. The summed E-state index contributed by atoms with van der Waals surface area (Å²) < 4.78 is 26.1. The first-order valence-electron chi connectivity index (χ1n) is 9.87. The van der Waals surface area contributed by atoms with Crippen molar-refractivity contribution in [2.24, 2.45) is 0 Å². The Balaban J connectivity index is 1.43.